The van der Waals surface area contributed by atoms with E-state index in [-0.39, 0.29) is 10.5 Å². The fourth-order valence-corrected chi connectivity index (χ4v) is 5.82. The van der Waals surface area contributed by atoms with Crippen LogP contribution in [0.3, 0.4) is 0 Å². The Morgan fingerprint density at radius 3 is 2.34 bits per heavy atom. The predicted molar refractivity (Wildman–Crippen MR) is 138 cm³/mol. The number of aryl methyl sites for hydroxylation is 1. The van der Waals surface area contributed by atoms with Crippen molar-refractivity contribution in [1.29, 1.82) is 0 Å². The third-order valence-corrected chi connectivity index (χ3v) is 7.67. The Hall–Kier alpha value is -3.24. The van der Waals surface area contributed by atoms with Crippen molar-refractivity contribution >= 4 is 43.1 Å². The number of hydrogen-bond donors (Lipinski definition) is 1. The molecule has 2 aromatic heterocycles. The second-order valence-corrected chi connectivity index (χ2v) is 11.7. The Labute approximate surface area is 212 Å². The molecular formula is C25H25BrN4O4S. The average Bonchev–Trinajstić information content (AvgIpc) is 3.14. The van der Waals surface area contributed by atoms with E-state index >= 15 is 0 Å². The van der Waals surface area contributed by atoms with Gasteiger partial charge in [-0.05, 0) is 67.4 Å². The molecule has 182 valence electrons. The van der Waals surface area contributed by atoms with Gasteiger partial charge in [0.25, 0.3) is 10.0 Å². The van der Waals surface area contributed by atoms with Crippen LogP contribution in [0.5, 0.6) is 0 Å². The van der Waals surface area contributed by atoms with Crippen LogP contribution < -0.4 is 5.32 Å². The molecule has 4 rings (SSSR count). The summed E-state index contributed by atoms with van der Waals surface area (Å²) in [6, 6.07) is 15.9. The van der Waals surface area contributed by atoms with Gasteiger partial charge in [0, 0.05) is 17.5 Å². The van der Waals surface area contributed by atoms with Crippen LogP contribution in [0.15, 0.2) is 70.4 Å². The summed E-state index contributed by atoms with van der Waals surface area (Å²) in [5.41, 5.74) is 2.94. The van der Waals surface area contributed by atoms with E-state index in [1.807, 2.05) is 52.0 Å². The summed E-state index contributed by atoms with van der Waals surface area (Å²) >= 11 is 3.39. The number of carbonyl (C=O) groups excluding carboxylic acids is 1. The van der Waals surface area contributed by atoms with Gasteiger partial charge in [0.05, 0.1) is 10.6 Å². The molecule has 0 radical (unpaired) electrons. The number of aromatic nitrogens is 3. The predicted octanol–water partition coefficient (Wildman–Crippen LogP) is 5.43. The number of alkyl carbamates (subject to hydrolysis) is 1. The molecule has 0 spiro atoms. The first kappa shape index (κ1) is 24.9. The first-order valence-electron chi connectivity index (χ1n) is 10.9. The Balaban J connectivity index is 1.64. The Morgan fingerprint density at radius 2 is 1.71 bits per heavy atom. The molecule has 1 N–H and O–H groups in total. The highest BCUT2D eigenvalue weighted by Gasteiger charge is 2.25. The van der Waals surface area contributed by atoms with E-state index in [4.69, 9.17) is 4.74 Å². The van der Waals surface area contributed by atoms with Crippen LogP contribution in [-0.2, 0) is 21.3 Å². The van der Waals surface area contributed by atoms with Crippen LogP contribution in [0.2, 0.25) is 0 Å². The number of rotatable bonds is 5. The summed E-state index contributed by atoms with van der Waals surface area (Å²) in [4.78, 5) is 20.8. The van der Waals surface area contributed by atoms with Gasteiger partial charge in [0.1, 0.15) is 16.5 Å². The molecule has 4 aromatic rings. The van der Waals surface area contributed by atoms with Gasteiger partial charge in [-0.2, -0.15) is 0 Å². The minimum absolute atomic E-state index is 0.170. The van der Waals surface area contributed by atoms with E-state index < -0.39 is 21.7 Å². The monoisotopic (exact) mass is 556 g/mol. The number of halogens is 1. The van der Waals surface area contributed by atoms with Crippen LogP contribution in [0.4, 0.5) is 4.79 Å². The molecular weight excluding hydrogens is 532 g/mol. The Kier molecular flexibility index (Phi) is 6.70. The van der Waals surface area contributed by atoms with Crippen molar-refractivity contribution < 1.29 is 17.9 Å². The van der Waals surface area contributed by atoms with E-state index in [0.29, 0.717) is 22.2 Å². The molecule has 0 aliphatic rings. The fourth-order valence-electron chi connectivity index (χ4n) is 3.50. The molecule has 0 aliphatic carbocycles. The molecule has 0 bridgehead atoms. The average molecular weight is 557 g/mol. The van der Waals surface area contributed by atoms with Gasteiger partial charge in [-0.25, -0.2) is 27.2 Å². The summed E-state index contributed by atoms with van der Waals surface area (Å²) in [7, 11) is -3.88. The van der Waals surface area contributed by atoms with Crippen LogP contribution >= 0.6 is 15.9 Å². The van der Waals surface area contributed by atoms with Crippen LogP contribution in [-0.4, -0.2) is 34.1 Å². The van der Waals surface area contributed by atoms with Crippen molar-refractivity contribution in [3.05, 3.63) is 76.7 Å². The third kappa shape index (κ3) is 5.38. The van der Waals surface area contributed by atoms with Crippen LogP contribution in [0, 0.1) is 6.92 Å². The molecule has 0 saturated carbocycles. The van der Waals surface area contributed by atoms with E-state index in [0.717, 1.165) is 16.7 Å². The van der Waals surface area contributed by atoms with E-state index in [2.05, 4.69) is 31.2 Å². The number of amides is 1. The summed E-state index contributed by atoms with van der Waals surface area (Å²) in [6.07, 6.45) is 0.864. The number of nitrogens with zero attached hydrogens (tertiary/aromatic N) is 3. The lowest BCUT2D eigenvalue weighted by molar-refractivity contribution is 0.0523. The van der Waals surface area contributed by atoms with Gasteiger partial charge in [0.2, 0.25) is 0 Å². The molecule has 35 heavy (non-hydrogen) atoms. The second-order valence-electron chi connectivity index (χ2n) is 9.06. The first-order chi connectivity index (χ1) is 16.5. The smallest absolute Gasteiger partial charge is 0.407 e. The highest BCUT2D eigenvalue weighted by molar-refractivity contribution is 9.10. The van der Waals surface area contributed by atoms with Crippen molar-refractivity contribution in [2.24, 2.45) is 0 Å². The highest BCUT2D eigenvalue weighted by atomic mass is 79.9. The van der Waals surface area contributed by atoms with Crippen molar-refractivity contribution in [3.63, 3.8) is 0 Å². The maximum absolute atomic E-state index is 13.4. The molecule has 10 heteroatoms. The molecule has 8 nitrogen and oxygen atoms in total. The standard InChI is InChI=1S/C25H25BrN4O4S/c1-16-5-11-19(12-6-16)35(32,33)30-21(26)13-20-22(28-15-29-23(20)30)18-9-7-17(8-10-18)14-27-24(31)34-25(2,3)4/h5-13,15H,14H2,1-4H3,(H,27,31). The summed E-state index contributed by atoms with van der Waals surface area (Å²) in [5.74, 6) is 0. The van der Waals surface area contributed by atoms with Gasteiger partial charge < -0.3 is 10.1 Å². The van der Waals surface area contributed by atoms with Gasteiger partial charge in [-0.1, -0.05) is 42.0 Å². The fraction of sp³-hybridized carbons (Fsp3) is 0.240. The van der Waals surface area contributed by atoms with Gasteiger partial charge in [0.15, 0.2) is 5.65 Å². The minimum atomic E-state index is -3.88. The topological polar surface area (TPSA) is 103 Å². The Bertz CT molecular complexity index is 1490. The lowest BCUT2D eigenvalue weighted by atomic mass is 10.1. The molecule has 2 heterocycles. The van der Waals surface area contributed by atoms with Crippen LogP contribution in [0.1, 0.15) is 31.9 Å². The van der Waals surface area contributed by atoms with Gasteiger partial charge >= 0.3 is 6.09 Å². The number of fused-ring (bicyclic) bond motifs is 1. The van der Waals surface area contributed by atoms with Crippen molar-refractivity contribution in [2.45, 2.75) is 44.7 Å². The molecule has 0 aliphatic heterocycles. The Morgan fingerprint density at radius 1 is 1.06 bits per heavy atom. The minimum Gasteiger partial charge on any atom is -0.444 e. The lowest BCUT2D eigenvalue weighted by Crippen LogP contribution is -2.32. The molecule has 0 fully saturated rings. The van der Waals surface area contributed by atoms with Crippen molar-refractivity contribution in [3.8, 4) is 11.3 Å². The molecule has 0 unspecified atom stereocenters. The van der Waals surface area contributed by atoms with Gasteiger partial charge in [-0.15, -0.1) is 0 Å². The third-order valence-electron chi connectivity index (χ3n) is 5.14. The summed E-state index contributed by atoms with van der Waals surface area (Å²) < 4.78 is 33.5. The second kappa shape index (κ2) is 9.43. The number of ether oxygens (including phenoxy) is 1. The lowest BCUT2D eigenvalue weighted by Gasteiger charge is -2.19. The molecule has 2 aromatic carbocycles. The highest BCUT2D eigenvalue weighted by Crippen LogP contribution is 2.33. The zero-order valence-electron chi connectivity index (χ0n) is 19.7. The normalized spacial score (nSPS) is 12.0. The summed E-state index contributed by atoms with van der Waals surface area (Å²) in [6.45, 7) is 7.63. The zero-order chi connectivity index (χ0) is 25.4. The zero-order valence-corrected chi connectivity index (χ0v) is 22.1. The van der Waals surface area contributed by atoms with E-state index in [1.54, 1.807) is 30.3 Å². The van der Waals surface area contributed by atoms with Crippen molar-refractivity contribution in [1.82, 2.24) is 19.3 Å². The SMILES string of the molecule is Cc1ccc(S(=O)(=O)n2c(Br)cc3c(-c4ccc(CNC(=O)OC(C)(C)C)cc4)ncnc32)cc1. The number of nitrogens with one attached hydrogen (secondary N) is 1. The van der Waals surface area contributed by atoms with Crippen LogP contribution in [0.25, 0.3) is 22.3 Å². The summed E-state index contributed by atoms with van der Waals surface area (Å²) in [5, 5.41) is 3.32. The quantitative estimate of drug-likeness (QED) is 0.351. The molecule has 0 atom stereocenters. The van der Waals surface area contributed by atoms with Crippen molar-refractivity contribution in [2.75, 3.05) is 0 Å². The van der Waals surface area contributed by atoms with E-state index in [1.165, 1.54) is 10.3 Å². The maximum atomic E-state index is 13.4. The maximum Gasteiger partial charge on any atom is 0.407 e. The molecule has 0 saturated heterocycles. The molecule has 1 amide bonds. The first-order valence-corrected chi connectivity index (χ1v) is 13.1. The van der Waals surface area contributed by atoms with Gasteiger partial charge in [-0.3, -0.25) is 0 Å². The van der Waals surface area contributed by atoms with E-state index in [9.17, 15) is 13.2 Å². The number of hydrogen-bond acceptors (Lipinski definition) is 6. The number of carbonyl (C=O) groups is 1. The largest absolute Gasteiger partial charge is 0.444 e. The number of benzene rings is 2.